The molecule has 0 aliphatic heterocycles. The lowest BCUT2D eigenvalue weighted by Gasteiger charge is -2.49. The zero-order chi connectivity index (χ0) is 55.1. The number of aliphatic hydroxyl groups is 2. The van der Waals surface area contributed by atoms with E-state index in [1.54, 1.807) is 13.8 Å². The first-order valence-corrected chi connectivity index (χ1v) is 23.0. The largest absolute Gasteiger partial charge is 0.456 e. The fourth-order valence-electron chi connectivity index (χ4n) is 12.8. The highest BCUT2D eigenvalue weighted by molar-refractivity contribution is 5.21. The smallest absolute Gasteiger partial charge is 0.377 e. The summed E-state index contributed by atoms with van der Waals surface area (Å²) >= 11 is 0. The van der Waals surface area contributed by atoms with E-state index in [1.807, 2.05) is 6.92 Å². The van der Waals surface area contributed by atoms with Gasteiger partial charge in [0.1, 0.15) is 0 Å². The van der Waals surface area contributed by atoms with Crippen molar-refractivity contribution in [2.45, 2.75) is 202 Å². The summed E-state index contributed by atoms with van der Waals surface area (Å²) in [5, 5.41) is 20.3. The Kier molecular flexibility index (Phi) is 16.9. The van der Waals surface area contributed by atoms with Gasteiger partial charge in [-0.2, -0.15) is 101 Å². The Hall–Kier alpha value is -2.03. The summed E-state index contributed by atoms with van der Waals surface area (Å²) in [5.74, 6) is -36.8. The van der Waals surface area contributed by atoms with Crippen LogP contribution in [0.5, 0.6) is 0 Å². The standard InChI is InChI=1S/C30H43F13O3.C14H14F10O/c1-5-7-12-45-18(4)46-24(28(35,36)37)11-9-20(15-24)19(6-2)13-17(3)23-10-8-21(14-23)22(16-23)25(44,26(31,32)29(38,39)40)27(33,34)30(41,42)43;1-2-9-4-3-7(5-9)8(6-9)10(25,11(15,16)13(19,20)21)12(17,18)14(22,23)24/h17-22,44H,5-16H2,1-4H3;2,7-8,25H,1,3-6H2. The summed E-state index contributed by atoms with van der Waals surface area (Å²) in [6.07, 6.45) is -33.3. The van der Waals surface area contributed by atoms with Crippen molar-refractivity contribution >= 4 is 0 Å². The molecule has 5 fully saturated rings. The Morgan fingerprint density at radius 1 is 0.577 bits per heavy atom. The van der Waals surface area contributed by atoms with Crippen molar-refractivity contribution in [2.75, 3.05) is 6.61 Å². The topological polar surface area (TPSA) is 58.9 Å². The lowest BCUT2D eigenvalue weighted by molar-refractivity contribution is -0.437. The molecule has 0 aromatic heterocycles. The number of rotatable bonds is 18. The minimum Gasteiger partial charge on any atom is -0.377 e. The van der Waals surface area contributed by atoms with Gasteiger partial charge in [-0.05, 0) is 131 Å². The van der Waals surface area contributed by atoms with Crippen LogP contribution in [-0.2, 0) is 9.47 Å². The molecule has 5 saturated carbocycles. The second-order valence-electron chi connectivity index (χ2n) is 20.6. The summed E-state index contributed by atoms with van der Waals surface area (Å²) in [5.41, 5.74) is -16.4. The van der Waals surface area contributed by atoms with Crippen LogP contribution in [0.1, 0.15) is 124 Å². The lowest BCUT2D eigenvalue weighted by atomic mass is 9.63. The molecule has 4 nitrogen and oxygen atoms in total. The third kappa shape index (κ3) is 10.1. The normalized spacial score (nSPS) is 31.7. The van der Waals surface area contributed by atoms with Crippen molar-refractivity contribution < 1.29 is 121 Å². The van der Waals surface area contributed by atoms with Crippen LogP contribution in [0, 0.1) is 52.3 Å². The maximum Gasteiger partial charge on any atom is 0.456 e. The van der Waals surface area contributed by atoms with Crippen LogP contribution in [0.15, 0.2) is 12.7 Å². The van der Waals surface area contributed by atoms with E-state index in [0.29, 0.717) is 12.8 Å². The molecule has 5 aliphatic carbocycles. The summed E-state index contributed by atoms with van der Waals surface area (Å²) in [6, 6.07) is 0. The van der Waals surface area contributed by atoms with Gasteiger partial charge >= 0.3 is 54.6 Å². The average Bonchev–Trinajstić information content (AvgIpc) is 4.08. The fraction of sp³-hybridized carbons (Fsp3) is 0.955. The van der Waals surface area contributed by atoms with Gasteiger partial charge < -0.3 is 19.7 Å². The first kappa shape index (κ1) is 61.5. The Labute approximate surface area is 393 Å². The van der Waals surface area contributed by atoms with E-state index in [4.69, 9.17) is 9.47 Å². The molecule has 0 heterocycles. The van der Waals surface area contributed by atoms with Crippen LogP contribution in [0.2, 0.25) is 0 Å². The molecule has 4 bridgehead atoms. The lowest BCUT2D eigenvalue weighted by Crippen LogP contribution is -2.74. The molecule has 0 aromatic rings. The highest BCUT2D eigenvalue weighted by atomic mass is 19.4. The van der Waals surface area contributed by atoms with E-state index < -0.39 is 149 Å². The van der Waals surface area contributed by atoms with Gasteiger partial charge in [-0.3, -0.25) is 0 Å². The van der Waals surface area contributed by atoms with Crippen LogP contribution in [-0.4, -0.2) is 94.5 Å². The summed E-state index contributed by atoms with van der Waals surface area (Å²) in [7, 11) is 0. The maximum atomic E-state index is 14.7. The molecule has 418 valence electrons. The van der Waals surface area contributed by atoms with E-state index in [1.165, 1.54) is 6.92 Å². The molecule has 71 heavy (non-hydrogen) atoms. The SMILES string of the molecule is C=CC12CCC(C1)C(C(O)(C(F)(F)C(F)(F)F)C(F)(F)C(F)(F)F)C2.CCCCOC(C)OC1(C(F)(F)F)CCC(C(CC)CC(C)C23CCC(C2)C(C(O)(C(F)(F)C(F)(F)F)C(F)(F)C(F)(F)F)C3)C1. The molecule has 2 N–H and O–H groups in total. The van der Waals surface area contributed by atoms with Crippen LogP contribution in [0.25, 0.3) is 0 Å². The van der Waals surface area contributed by atoms with Gasteiger partial charge in [-0.15, -0.1) is 6.58 Å². The van der Waals surface area contributed by atoms with E-state index in [2.05, 4.69) is 6.58 Å². The van der Waals surface area contributed by atoms with Crippen molar-refractivity contribution in [1.29, 1.82) is 0 Å². The zero-order valence-electron chi connectivity index (χ0n) is 38.6. The number of alkyl halides is 23. The van der Waals surface area contributed by atoms with E-state index in [9.17, 15) is 111 Å². The van der Waals surface area contributed by atoms with Crippen molar-refractivity contribution in [2.24, 2.45) is 52.3 Å². The Bertz CT molecular complexity index is 1770. The summed E-state index contributed by atoms with van der Waals surface area (Å²) < 4.78 is 324. The average molecular weight is 1090 g/mol. The number of hydrogen-bond acceptors (Lipinski definition) is 4. The van der Waals surface area contributed by atoms with Gasteiger partial charge in [-0.1, -0.05) is 39.7 Å². The second kappa shape index (κ2) is 19.5. The molecule has 0 saturated heterocycles. The first-order valence-electron chi connectivity index (χ1n) is 23.0. The van der Waals surface area contributed by atoms with Gasteiger partial charge in [0.2, 0.25) is 11.2 Å². The number of unbranched alkanes of at least 4 members (excludes halogenated alkanes) is 1. The molecule has 0 amide bonds. The maximum absolute atomic E-state index is 14.7. The third-order valence-corrected chi connectivity index (χ3v) is 16.8. The van der Waals surface area contributed by atoms with Crippen molar-refractivity contribution in [3.05, 3.63) is 12.7 Å². The van der Waals surface area contributed by atoms with Gasteiger partial charge in [0.15, 0.2) is 11.9 Å². The van der Waals surface area contributed by atoms with Crippen LogP contribution >= 0.6 is 0 Å². The Morgan fingerprint density at radius 2 is 1.01 bits per heavy atom. The van der Waals surface area contributed by atoms with Gasteiger partial charge in [0.05, 0.1) is 0 Å². The number of ether oxygens (including phenoxy) is 2. The Balaban J connectivity index is 0.000000368. The summed E-state index contributed by atoms with van der Waals surface area (Å²) in [6.45, 7) is 10.1. The number of fused-ring (bicyclic) bond motifs is 4. The molecule has 5 rings (SSSR count). The minimum absolute atomic E-state index is 0.0973. The van der Waals surface area contributed by atoms with Gasteiger partial charge in [0, 0.05) is 18.4 Å². The van der Waals surface area contributed by atoms with Gasteiger partial charge in [-0.25, -0.2) is 0 Å². The van der Waals surface area contributed by atoms with E-state index >= 15 is 0 Å². The highest BCUT2D eigenvalue weighted by Gasteiger charge is 2.89. The predicted octanol–water partition coefficient (Wildman–Crippen LogP) is 15.4. The fourth-order valence-corrected chi connectivity index (χ4v) is 12.8. The number of halogens is 23. The molecule has 0 radical (unpaired) electrons. The molecular formula is C44H57F23O4. The Morgan fingerprint density at radius 3 is 1.41 bits per heavy atom. The van der Waals surface area contributed by atoms with Crippen LogP contribution in [0.3, 0.4) is 0 Å². The molecule has 0 spiro atoms. The second-order valence-corrected chi connectivity index (χ2v) is 20.6. The number of allylic oxidation sites excluding steroid dienone is 1. The zero-order valence-corrected chi connectivity index (χ0v) is 38.6. The highest BCUT2D eigenvalue weighted by Crippen LogP contribution is 2.71. The summed E-state index contributed by atoms with van der Waals surface area (Å²) in [4.78, 5) is 0. The number of hydrogen-bond donors (Lipinski definition) is 2. The van der Waals surface area contributed by atoms with E-state index in [0.717, 1.165) is 12.5 Å². The molecule has 0 aromatic carbocycles. The molecule has 27 heteroatoms. The van der Waals surface area contributed by atoms with Crippen LogP contribution in [0.4, 0.5) is 101 Å². The minimum atomic E-state index is -6.92. The van der Waals surface area contributed by atoms with Crippen molar-refractivity contribution in [3.63, 3.8) is 0 Å². The van der Waals surface area contributed by atoms with Gasteiger partial charge in [0.25, 0.3) is 0 Å². The molecule has 11 atom stereocenters. The van der Waals surface area contributed by atoms with Crippen molar-refractivity contribution in [1.82, 2.24) is 0 Å². The third-order valence-electron chi connectivity index (χ3n) is 16.8. The molecule has 11 unspecified atom stereocenters. The quantitative estimate of drug-likeness (QED) is 0.0622. The monoisotopic (exact) mass is 1090 g/mol. The predicted molar refractivity (Wildman–Crippen MR) is 205 cm³/mol. The van der Waals surface area contributed by atoms with E-state index in [-0.39, 0.29) is 64.4 Å². The van der Waals surface area contributed by atoms with Crippen molar-refractivity contribution in [3.8, 4) is 0 Å². The first-order chi connectivity index (χ1) is 31.7. The molecular weight excluding hydrogens is 1030 g/mol. The molecule has 5 aliphatic rings. The van der Waals surface area contributed by atoms with Crippen LogP contribution < -0.4 is 0 Å².